The van der Waals surface area contributed by atoms with Crippen molar-refractivity contribution in [3.8, 4) is 0 Å². The van der Waals surface area contributed by atoms with Crippen molar-refractivity contribution in [2.45, 2.75) is 38.2 Å². The highest BCUT2D eigenvalue weighted by atomic mass is 16.7. The zero-order valence-corrected chi connectivity index (χ0v) is 8.95. The lowest BCUT2D eigenvalue weighted by molar-refractivity contribution is -0.168. The molecule has 0 aromatic rings. The Kier molecular flexibility index (Phi) is 2.29. The molecule has 0 aromatic heterocycles. The first-order valence-corrected chi connectivity index (χ1v) is 5.97. The van der Waals surface area contributed by atoms with Crippen molar-refractivity contribution in [1.82, 2.24) is 0 Å². The summed E-state index contributed by atoms with van der Waals surface area (Å²) < 4.78 is 10.9. The molecule has 2 nitrogen and oxygen atoms in total. The molecule has 0 spiro atoms. The summed E-state index contributed by atoms with van der Waals surface area (Å²) in [5.41, 5.74) is 0. The van der Waals surface area contributed by atoms with Crippen molar-refractivity contribution in [2.75, 3.05) is 13.9 Å². The minimum absolute atomic E-state index is 0.493. The van der Waals surface area contributed by atoms with E-state index >= 15 is 0 Å². The van der Waals surface area contributed by atoms with Crippen LogP contribution in [0.1, 0.15) is 32.1 Å². The molecule has 0 heterocycles. The Morgan fingerprint density at radius 1 is 0.929 bits per heavy atom. The van der Waals surface area contributed by atoms with E-state index in [0.29, 0.717) is 12.9 Å². The molecule has 4 fully saturated rings. The van der Waals surface area contributed by atoms with Gasteiger partial charge in [-0.1, -0.05) is 0 Å². The van der Waals surface area contributed by atoms with Gasteiger partial charge in [0.2, 0.25) is 0 Å². The first kappa shape index (κ1) is 9.17. The molecule has 0 amide bonds. The second-order valence-corrected chi connectivity index (χ2v) is 5.47. The van der Waals surface area contributed by atoms with E-state index in [9.17, 15) is 0 Å². The van der Waals surface area contributed by atoms with Crippen LogP contribution in [0, 0.1) is 23.7 Å². The number of rotatable bonds is 3. The van der Waals surface area contributed by atoms with E-state index in [1.54, 1.807) is 7.11 Å². The fraction of sp³-hybridized carbons (Fsp3) is 1.00. The van der Waals surface area contributed by atoms with Gasteiger partial charge in [-0.2, -0.15) is 0 Å². The van der Waals surface area contributed by atoms with Crippen molar-refractivity contribution < 1.29 is 9.47 Å². The van der Waals surface area contributed by atoms with Gasteiger partial charge in [-0.25, -0.2) is 0 Å². The number of hydrogen-bond acceptors (Lipinski definition) is 2. The summed E-state index contributed by atoms with van der Waals surface area (Å²) in [5, 5.41) is 0. The zero-order chi connectivity index (χ0) is 9.54. The third-order valence-corrected chi connectivity index (χ3v) is 4.52. The van der Waals surface area contributed by atoms with Crippen molar-refractivity contribution in [2.24, 2.45) is 23.7 Å². The van der Waals surface area contributed by atoms with E-state index in [4.69, 9.17) is 9.47 Å². The van der Waals surface area contributed by atoms with Gasteiger partial charge in [-0.15, -0.1) is 0 Å². The van der Waals surface area contributed by atoms with E-state index in [2.05, 4.69) is 0 Å². The maximum Gasteiger partial charge on any atom is 0.146 e. The Hall–Kier alpha value is -0.0800. The maximum atomic E-state index is 5.85. The molecule has 0 aromatic carbocycles. The van der Waals surface area contributed by atoms with Crippen molar-refractivity contribution in [3.05, 3.63) is 0 Å². The Morgan fingerprint density at radius 2 is 1.50 bits per heavy atom. The van der Waals surface area contributed by atoms with Crippen LogP contribution in [-0.4, -0.2) is 20.0 Å². The maximum absolute atomic E-state index is 5.85. The van der Waals surface area contributed by atoms with E-state index in [1.807, 2.05) is 0 Å². The van der Waals surface area contributed by atoms with Crippen LogP contribution in [0.15, 0.2) is 0 Å². The van der Waals surface area contributed by atoms with Crippen LogP contribution >= 0.6 is 0 Å². The Balaban J connectivity index is 1.69. The molecule has 0 atom stereocenters. The van der Waals surface area contributed by atoms with Crippen LogP contribution in [-0.2, 0) is 9.47 Å². The van der Waals surface area contributed by atoms with Crippen LogP contribution < -0.4 is 0 Å². The fourth-order valence-corrected chi connectivity index (χ4v) is 4.29. The van der Waals surface area contributed by atoms with Crippen LogP contribution in [0.3, 0.4) is 0 Å². The highest BCUT2D eigenvalue weighted by Gasteiger charge is 2.48. The highest BCUT2D eigenvalue weighted by molar-refractivity contribution is 4.98. The average molecular weight is 196 g/mol. The van der Waals surface area contributed by atoms with E-state index < -0.39 is 0 Å². The molecule has 4 rings (SSSR count). The van der Waals surface area contributed by atoms with Gasteiger partial charge in [-0.3, -0.25) is 0 Å². The smallest absolute Gasteiger partial charge is 0.146 e. The fourth-order valence-electron chi connectivity index (χ4n) is 4.29. The summed E-state index contributed by atoms with van der Waals surface area (Å²) >= 11 is 0. The molecule has 4 saturated carbocycles. The van der Waals surface area contributed by atoms with Gasteiger partial charge < -0.3 is 9.47 Å². The van der Waals surface area contributed by atoms with Crippen LogP contribution in [0.2, 0.25) is 0 Å². The first-order valence-electron chi connectivity index (χ1n) is 5.97. The second kappa shape index (κ2) is 3.49. The molecular weight excluding hydrogens is 176 g/mol. The standard InChI is InChI=1S/C12H20O2/c1-13-7-14-12-10-3-8-2-9(5-10)6-11(12)4-8/h8-12H,2-7H2,1H3. The predicted octanol–water partition coefficient (Wildman–Crippen LogP) is 2.43. The monoisotopic (exact) mass is 196 g/mol. The van der Waals surface area contributed by atoms with Crippen LogP contribution in [0.5, 0.6) is 0 Å². The lowest BCUT2D eigenvalue weighted by Gasteiger charge is -2.53. The summed E-state index contributed by atoms with van der Waals surface area (Å²) in [5.74, 6) is 3.81. The number of methoxy groups -OCH3 is 1. The molecule has 4 aliphatic carbocycles. The Morgan fingerprint density at radius 3 is 2.00 bits per heavy atom. The summed E-state index contributed by atoms with van der Waals surface area (Å²) in [6.07, 6.45) is 7.78. The van der Waals surface area contributed by atoms with Gasteiger partial charge in [0.25, 0.3) is 0 Å². The molecule has 0 radical (unpaired) electrons. The van der Waals surface area contributed by atoms with E-state index in [-0.39, 0.29) is 0 Å². The zero-order valence-electron chi connectivity index (χ0n) is 8.95. The quantitative estimate of drug-likeness (QED) is 0.645. The van der Waals surface area contributed by atoms with Gasteiger partial charge in [0.1, 0.15) is 6.79 Å². The molecule has 14 heavy (non-hydrogen) atoms. The topological polar surface area (TPSA) is 18.5 Å². The third kappa shape index (κ3) is 1.40. The summed E-state index contributed by atoms with van der Waals surface area (Å²) in [6, 6.07) is 0. The average Bonchev–Trinajstić information content (AvgIpc) is 2.15. The lowest BCUT2D eigenvalue weighted by atomic mass is 9.55. The van der Waals surface area contributed by atoms with Crippen LogP contribution in [0.4, 0.5) is 0 Å². The van der Waals surface area contributed by atoms with Gasteiger partial charge in [-0.05, 0) is 55.8 Å². The molecule has 0 N–H and O–H groups in total. The molecule has 0 unspecified atom stereocenters. The summed E-state index contributed by atoms with van der Waals surface area (Å²) in [6.45, 7) is 0.493. The molecular formula is C12H20O2. The second-order valence-electron chi connectivity index (χ2n) is 5.47. The summed E-state index contributed by atoms with van der Waals surface area (Å²) in [4.78, 5) is 0. The van der Waals surface area contributed by atoms with Crippen molar-refractivity contribution in [1.29, 1.82) is 0 Å². The van der Waals surface area contributed by atoms with Crippen molar-refractivity contribution >= 4 is 0 Å². The summed E-state index contributed by atoms with van der Waals surface area (Å²) in [7, 11) is 1.72. The van der Waals surface area contributed by atoms with Crippen LogP contribution in [0.25, 0.3) is 0 Å². The SMILES string of the molecule is COCOC1C2CC3CC(C2)CC1C3. The van der Waals surface area contributed by atoms with Gasteiger partial charge in [0.15, 0.2) is 0 Å². The largest absolute Gasteiger partial charge is 0.359 e. The highest BCUT2D eigenvalue weighted by Crippen LogP contribution is 2.54. The minimum Gasteiger partial charge on any atom is -0.359 e. The van der Waals surface area contributed by atoms with Gasteiger partial charge in [0, 0.05) is 7.11 Å². The van der Waals surface area contributed by atoms with Gasteiger partial charge >= 0.3 is 0 Å². The lowest BCUT2D eigenvalue weighted by Crippen LogP contribution is -2.49. The van der Waals surface area contributed by atoms with E-state index in [1.165, 1.54) is 32.1 Å². The predicted molar refractivity (Wildman–Crippen MR) is 53.8 cm³/mol. The number of hydrogen-bond donors (Lipinski definition) is 0. The normalized spacial score (nSPS) is 49.9. The number of ether oxygens (including phenoxy) is 2. The molecule has 0 aliphatic heterocycles. The molecule has 2 heteroatoms. The minimum atomic E-state index is 0.493. The molecule has 4 aliphatic rings. The first-order chi connectivity index (χ1) is 6.86. The van der Waals surface area contributed by atoms with Crippen molar-refractivity contribution in [3.63, 3.8) is 0 Å². The Bertz CT molecular complexity index is 186. The molecule has 4 bridgehead atoms. The molecule has 80 valence electrons. The van der Waals surface area contributed by atoms with Gasteiger partial charge in [0.05, 0.1) is 6.10 Å². The van der Waals surface area contributed by atoms with E-state index in [0.717, 1.165) is 23.7 Å². The Labute approximate surface area is 86.0 Å². The third-order valence-electron chi connectivity index (χ3n) is 4.52. The molecule has 0 saturated heterocycles.